The number of carbonyl (C=O) groups excluding carboxylic acids is 1. The lowest BCUT2D eigenvalue weighted by Crippen LogP contribution is -2.24. The van der Waals surface area contributed by atoms with Crippen molar-refractivity contribution >= 4 is 29.5 Å². The average Bonchev–Trinajstić information content (AvgIpc) is 2.78. The predicted molar refractivity (Wildman–Crippen MR) is 76.6 cm³/mol. The van der Waals surface area contributed by atoms with E-state index in [1.165, 1.54) is 0 Å². The van der Waals surface area contributed by atoms with E-state index in [0.29, 0.717) is 10.7 Å². The second-order valence-corrected chi connectivity index (χ2v) is 4.31. The van der Waals surface area contributed by atoms with Gasteiger partial charge in [-0.2, -0.15) is 5.10 Å². The van der Waals surface area contributed by atoms with Crippen molar-refractivity contribution in [3.05, 3.63) is 53.3 Å². The van der Waals surface area contributed by atoms with E-state index >= 15 is 0 Å². The first kappa shape index (κ1) is 13.2. The van der Waals surface area contributed by atoms with Gasteiger partial charge >= 0.3 is 6.03 Å². The zero-order valence-electron chi connectivity index (χ0n) is 10.3. The first-order valence-electron chi connectivity index (χ1n) is 5.62. The summed E-state index contributed by atoms with van der Waals surface area (Å²) in [5, 5.41) is 7.11. The Morgan fingerprint density at radius 2 is 2.05 bits per heavy atom. The maximum absolute atomic E-state index is 11.5. The van der Waals surface area contributed by atoms with Gasteiger partial charge in [-0.15, -0.1) is 0 Å². The van der Waals surface area contributed by atoms with Crippen LogP contribution >= 0.6 is 11.6 Å². The smallest absolute Gasteiger partial charge is 0.339 e. The van der Waals surface area contributed by atoms with E-state index in [1.807, 2.05) is 29.9 Å². The van der Waals surface area contributed by atoms with Crippen LogP contribution in [-0.4, -0.2) is 16.8 Å². The molecule has 6 heteroatoms. The molecule has 98 valence electrons. The first-order valence-corrected chi connectivity index (χ1v) is 6.00. The largest absolute Gasteiger partial charge is 0.350 e. The number of hydrogen-bond donors (Lipinski definition) is 2. The van der Waals surface area contributed by atoms with Crippen LogP contribution in [-0.2, 0) is 7.05 Å². The first-order chi connectivity index (χ1) is 9.15. The summed E-state index contributed by atoms with van der Waals surface area (Å²) in [7, 11) is 1.90. The highest BCUT2D eigenvalue weighted by Gasteiger charge is 1.99. The monoisotopic (exact) mass is 276 g/mol. The van der Waals surface area contributed by atoms with Gasteiger partial charge in [-0.1, -0.05) is 11.6 Å². The number of urea groups is 1. The highest BCUT2D eigenvalue weighted by Crippen LogP contribution is 2.12. The van der Waals surface area contributed by atoms with Gasteiger partial charge in [-0.05, 0) is 36.4 Å². The minimum absolute atomic E-state index is 0.409. The van der Waals surface area contributed by atoms with Gasteiger partial charge in [0.1, 0.15) is 0 Å². The van der Waals surface area contributed by atoms with Gasteiger partial charge in [0.2, 0.25) is 0 Å². The minimum atomic E-state index is -0.409. The minimum Gasteiger partial charge on any atom is -0.350 e. The van der Waals surface area contributed by atoms with E-state index in [0.717, 1.165) is 5.69 Å². The Bertz CT molecular complexity index is 589. The van der Waals surface area contributed by atoms with Crippen LogP contribution in [0.1, 0.15) is 5.69 Å². The zero-order chi connectivity index (χ0) is 13.7. The normalized spacial score (nSPS) is 10.6. The Balaban J connectivity index is 1.86. The molecular formula is C13H13ClN4O. The average molecular weight is 277 g/mol. The molecule has 5 nitrogen and oxygen atoms in total. The second-order valence-electron chi connectivity index (χ2n) is 3.87. The number of hydrazone groups is 1. The van der Waals surface area contributed by atoms with E-state index in [1.54, 1.807) is 30.5 Å². The lowest BCUT2D eigenvalue weighted by molar-refractivity contribution is 0.252. The third kappa shape index (κ3) is 3.86. The van der Waals surface area contributed by atoms with Crippen molar-refractivity contribution in [2.45, 2.75) is 0 Å². The Labute approximate surface area is 115 Å². The number of nitrogens with one attached hydrogen (secondary N) is 2. The number of halogens is 1. The number of aryl methyl sites for hydroxylation is 1. The molecule has 0 fully saturated rings. The standard InChI is InChI=1S/C13H13ClN4O/c1-18-8-2-3-12(18)9-15-17-13(19)16-11-6-4-10(14)5-7-11/h2-9H,1H3,(H2,16,17,19)/b15-9+. The third-order valence-corrected chi connectivity index (χ3v) is 2.70. The number of nitrogens with zero attached hydrogens (tertiary/aromatic N) is 2. The van der Waals surface area contributed by atoms with Gasteiger partial charge in [-0.25, -0.2) is 10.2 Å². The second kappa shape index (κ2) is 6.06. The molecule has 1 heterocycles. The number of aromatic nitrogens is 1. The van der Waals surface area contributed by atoms with Crippen molar-refractivity contribution in [1.29, 1.82) is 0 Å². The fourth-order valence-electron chi connectivity index (χ4n) is 1.46. The third-order valence-electron chi connectivity index (χ3n) is 2.45. The highest BCUT2D eigenvalue weighted by atomic mass is 35.5. The van der Waals surface area contributed by atoms with Crippen molar-refractivity contribution < 1.29 is 4.79 Å². The van der Waals surface area contributed by atoms with E-state index in [-0.39, 0.29) is 0 Å². The van der Waals surface area contributed by atoms with Crippen LogP contribution in [0.2, 0.25) is 5.02 Å². The van der Waals surface area contributed by atoms with E-state index in [4.69, 9.17) is 11.6 Å². The molecule has 0 bridgehead atoms. The fourth-order valence-corrected chi connectivity index (χ4v) is 1.58. The number of amides is 2. The summed E-state index contributed by atoms with van der Waals surface area (Å²) in [6.45, 7) is 0. The van der Waals surface area contributed by atoms with Crippen LogP contribution in [0.5, 0.6) is 0 Å². The molecular weight excluding hydrogens is 264 g/mol. The number of rotatable bonds is 3. The molecule has 0 atom stereocenters. The summed E-state index contributed by atoms with van der Waals surface area (Å²) < 4.78 is 1.89. The van der Waals surface area contributed by atoms with Crippen molar-refractivity contribution in [2.75, 3.05) is 5.32 Å². The molecule has 2 aromatic rings. The Morgan fingerprint density at radius 1 is 1.32 bits per heavy atom. The van der Waals surface area contributed by atoms with Gasteiger partial charge in [0.05, 0.1) is 11.9 Å². The molecule has 2 rings (SSSR count). The summed E-state index contributed by atoms with van der Waals surface area (Å²) >= 11 is 5.75. The van der Waals surface area contributed by atoms with Crippen LogP contribution in [0, 0.1) is 0 Å². The quantitative estimate of drug-likeness (QED) is 0.657. The van der Waals surface area contributed by atoms with E-state index in [9.17, 15) is 4.79 Å². The van der Waals surface area contributed by atoms with Gasteiger partial charge in [0.15, 0.2) is 0 Å². The summed E-state index contributed by atoms with van der Waals surface area (Å²) in [5.41, 5.74) is 3.93. The summed E-state index contributed by atoms with van der Waals surface area (Å²) in [5.74, 6) is 0. The molecule has 0 saturated heterocycles. The molecule has 1 aromatic carbocycles. The molecule has 0 aliphatic heterocycles. The van der Waals surface area contributed by atoms with Gasteiger partial charge in [0.25, 0.3) is 0 Å². The van der Waals surface area contributed by atoms with Gasteiger partial charge < -0.3 is 9.88 Å². The fraction of sp³-hybridized carbons (Fsp3) is 0.0769. The molecule has 0 radical (unpaired) electrons. The number of hydrogen-bond acceptors (Lipinski definition) is 2. The number of carbonyl (C=O) groups is 1. The van der Waals surface area contributed by atoms with Crippen LogP contribution < -0.4 is 10.7 Å². The molecule has 19 heavy (non-hydrogen) atoms. The van der Waals surface area contributed by atoms with Crippen LogP contribution in [0.25, 0.3) is 0 Å². The molecule has 0 spiro atoms. The number of anilines is 1. The van der Waals surface area contributed by atoms with Crippen molar-refractivity contribution in [3.8, 4) is 0 Å². The van der Waals surface area contributed by atoms with Gasteiger partial charge in [0, 0.05) is 24.0 Å². The Kier molecular flexibility index (Phi) is 4.20. The van der Waals surface area contributed by atoms with Crippen molar-refractivity contribution in [3.63, 3.8) is 0 Å². The molecule has 0 saturated carbocycles. The molecule has 0 aliphatic rings. The molecule has 2 amide bonds. The lowest BCUT2D eigenvalue weighted by atomic mass is 10.3. The summed E-state index contributed by atoms with van der Waals surface area (Å²) in [6.07, 6.45) is 3.47. The summed E-state index contributed by atoms with van der Waals surface area (Å²) in [4.78, 5) is 11.5. The Morgan fingerprint density at radius 3 is 2.68 bits per heavy atom. The van der Waals surface area contributed by atoms with Crippen molar-refractivity contribution in [2.24, 2.45) is 12.1 Å². The SMILES string of the molecule is Cn1cccc1/C=N/NC(=O)Nc1ccc(Cl)cc1. The van der Waals surface area contributed by atoms with Crippen LogP contribution in [0.15, 0.2) is 47.7 Å². The molecule has 0 unspecified atom stereocenters. The van der Waals surface area contributed by atoms with E-state index in [2.05, 4.69) is 15.8 Å². The Hall–Kier alpha value is -2.27. The number of benzene rings is 1. The van der Waals surface area contributed by atoms with Crippen LogP contribution in [0.3, 0.4) is 0 Å². The molecule has 0 aliphatic carbocycles. The van der Waals surface area contributed by atoms with Crippen LogP contribution in [0.4, 0.5) is 10.5 Å². The lowest BCUT2D eigenvalue weighted by Gasteiger charge is -2.03. The van der Waals surface area contributed by atoms with Crippen molar-refractivity contribution in [1.82, 2.24) is 9.99 Å². The predicted octanol–water partition coefficient (Wildman–Crippen LogP) is 2.83. The van der Waals surface area contributed by atoms with E-state index < -0.39 is 6.03 Å². The summed E-state index contributed by atoms with van der Waals surface area (Å²) in [6, 6.07) is 10.2. The maximum atomic E-state index is 11.5. The molecule has 2 N–H and O–H groups in total. The zero-order valence-corrected chi connectivity index (χ0v) is 11.1. The molecule has 1 aromatic heterocycles. The topological polar surface area (TPSA) is 58.4 Å². The highest BCUT2D eigenvalue weighted by molar-refractivity contribution is 6.30. The van der Waals surface area contributed by atoms with Gasteiger partial charge in [-0.3, -0.25) is 0 Å². The maximum Gasteiger partial charge on any atom is 0.339 e.